The van der Waals surface area contributed by atoms with Crippen molar-refractivity contribution in [2.45, 2.75) is 39.1 Å². The van der Waals surface area contributed by atoms with Gasteiger partial charge in [0.25, 0.3) is 0 Å². The predicted octanol–water partition coefficient (Wildman–Crippen LogP) is 10.9. The molecule has 0 fully saturated rings. The van der Waals surface area contributed by atoms with E-state index in [1.165, 1.54) is 5.56 Å². The van der Waals surface area contributed by atoms with Gasteiger partial charge in [0, 0.05) is 48.2 Å². The molecule has 6 aromatic rings. The van der Waals surface area contributed by atoms with Gasteiger partial charge in [-0.25, -0.2) is 4.68 Å². The van der Waals surface area contributed by atoms with Gasteiger partial charge < -0.3 is 4.84 Å². The molecule has 47 heavy (non-hydrogen) atoms. The van der Waals surface area contributed by atoms with Crippen molar-refractivity contribution < 1.29 is 4.84 Å². The first kappa shape index (κ1) is 30.2. The molecular weight excluding hydrogens is 663 g/mol. The number of rotatable bonds is 6. The molecule has 5 aromatic carbocycles. The lowest BCUT2D eigenvalue weighted by atomic mass is 9.92. The van der Waals surface area contributed by atoms with E-state index in [0.29, 0.717) is 16.5 Å². The molecule has 2 aliphatic heterocycles. The number of benzene rings is 5. The van der Waals surface area contributed by atoms with Crippen LogP contribution in [0.15, 0.2) is 153 Å². The van der Waals surface area contributed by atoms with Crippen molar-refractivity contribution in [1.29, 1.82) is 0 Å². The molecule has 0 saturated heterocycles. The Balaban J connectivity index is 1.34. The number of aryl methyl sites for hydroxylation is 1. The molecule has 0 amide bonds. The Labute approximate surface area is 292 Å². The second kappa shape index (κ2) is 12.5. The van der Waals surface area contributed by atoms with E-state index in [2.05, 4.69) is 89.3 Å². The number of oxime groups is 1. The van der Waals surface area contributed by atoms with Crippen LogP contribution < -0.4 is 4.90 Å². The summed E-state index contributed by atoms with van der Waals surface area (Å²) in [6.45, 7) is 2.11. The maximum Gasteiger partial charge on any atom is 0.242 e. The summed E-state index contributed by atoms with van der Waals surface area (Å²) in [7, 11) is 0. The van der Waals surface area contributed by atoms with Crippen molar-refractivity contribution >= 4 is 58.2 Å². The largest absolute Gasteiger partial charge is 0.360 e. The van der Waals surface area contributed by atoms with Gasteiger partial charge in [0.05, 0.1) is 17.1 Å². The molecule has 0 aliphatic carbocycles. The Kier molecular flexibility index (Phi) is 8.02. The van der Waals surface area contributed by atoms with Crippen LogP contribution in [0.3, 0.4) is 0 Å². The van der Waals surface area contributed by atoms with Crippen LogP contribution >= 0.6 is 46.7 Å². The molecule has 0 saturated carbocycles. The van der Waals surface area contributed by atoms with Crippen molar-refractivity contribution in [2.75, 3.05) is 4.90 Å². The highest BCUT2D eigenvalue weighted by atomic mass is 35.5. The minimum atomic E-state index is -0.972. The van der Waals surface area contributed by atoms with Crippen LogP contribution in [0, 0.1) is 6.92 Å². The number of aromatic nitrogens is 2. The molecule has 2 aliphatic rings. The van der Waals surface area contributed by atoms with Crippen LogP contribution in [0.2, 0.25) is 10.0 Å². The third kappa shape index (κ3) is 5.51. The summed E-state index contributed by atoms with van der Waals surface area (Å²) in [5.74, 6) is 0.723. The van der Waals surface area contributed by atoms with Crippen molar-refractivity contribution in [2.24, 2.45) is 5.16 Å². The van der Waals surface area contributed by atoms with E-state index in [1.807, 2.05) is 72.4 Å². The summed E-state index contributed by atoms with van der Waals surface area (Å²) >= 11 is 16.3. The summed E-state index contributed by atoms with van der Waals surface area (Å²) in [6.07, 6.45) is 0.582. The summed E-state index contributed by atoms with van der Waals surface area (Å²) in [4.78, 5) is 11.3. The highest BCUT2D eigenvalue weighted by Gasteiger charge is 2.53. The average molecular weight is 692 g/mol. The number of nitrogens with zero attached hydrogens (tertiary/aromatic N) is 4. The second-order valence-corrected chi connectivity index (χ2v) is 14.6. The minimum Gasteiger partial charge on any atom is -0.360 e. The third-order valence-corrected chi connectivity index (χ3v) is 11.3. The molecule has 3 heterocycles. The number of halogens is 2. The Morgan fingerprint density at radius 1 is 0.787 bits per heavy atom. The number of fused-ring (bicyclic) bond motifs is 3. The lowest BCUT2D eigenvalue weighted by Crippen LogP contribution is -2.47. The van der Waals surface area contributed by atoms with E-state index < -0.39 is 5.72 Å². The fourth-order valence-corrected chi connectivity index (χ4v) is 9.21. The first-order valence-electron chi connectivity index (χ1n) is 15.2. The monoisotopic (exact) mass is 690 g/mol. The van der Waals surface area contributed by atoms with Crippen molar-refractivity contribution in [3.63, 3.8) is 0 Å². The predicted molar refractivity (Wildman–Crippen MR) is 193 cm³/mol. The summed E-state index contributed by atoms with van der Waals surface area (Å²) in [6, 6.07) is 45.0. The van der Waals surface area contributed by atoms with Crippen molar-refractivity contribution in [1.82, 2.24) is 9.78 Å². The van der Waals surface area contributed by atoms with Crippen LogP contribution in [0.5, 0.6) is 0 Å². The first-order chi connectivity index (χ1) is 23.0. The van der Waals surface area contributed by atoms with Gasteiger partial charge in [-0.15, -0.1) is 11.8 Å². The van der Waals surface area contributed by atoms with Gasteiger partial charge in [-0.05, 0) is 79.7 Å². The van der Waals surface area contributed by atoms with Crippen molar-refractivity contribution in [3.05, 3.63) is 166 Å². The molecule has 1 aromatic heterocycles. The van der Waals surface area contributed by atoms with Gasteiger partial charge in [-0.3, -0.25) is 4.90 Å². The zero-order chi connectivity index (χ0) is 32.0. The number of para-hydroxylation sites is 2. The highest BCUT2D eigenvalue weighted by Crippen LogP contribution is 2.58. The molecule has 2 unspecified atom stereocenters. The highest BCUT2D eigenvalue weighted by molar-refractivity contribution is 8.00. The molecule has 232 valence electrons. The van der Waals surface area contributed by atoms with E-state index in [1.54, 1.807) is 11.8 Å². The standard InChI is InChI=1S/C38H28Cl2N4OS2/c1-25-35(37(46-31-12-6-3-7-13-31)44(41-25)30-10-4-2-5-11-30)34-24-38(27-18-22-29(40)23-19-27)43(32-14-8-9-15-33(32)47-34)36(42-45-38)26-16-20-28(39)21-17-26/h2-23,34H,24H2,1H3. The molecule has 0 N–H and O–H groups in total. The van der Waals surface area contributed by atoms with Crippen molar-refractivity contribution in [3.8, 4) is 5.69 Å². The van der Waals surface area contributed by atoms with Crippen LogP contribution in [-0.4, -0.2) is 15.6 Å². The zero-order valence-electron chi connectivity index (χ0n) is 25.3. The minimum absolute atomic E-state index is 0.0553. The molecule has 8 rings (SSSR count). The number of hydrogen-bond acceptors (Lipinski definition) is 6. The molecule has 0 spiro atoms. The van der Waals surface area contributed by atoms with Gasteiger partial charge in [0.1, 0.15) is 5.03 Å². The van der Waals surface area contributed by atoms with Gasteiger partial charge in [-0.2, -0.15) is 5.10 Å². The zero-order valence-corrected chi connectivity index (χ0v) is 28.4. The quantitative estimate of drug-likeness (QED) is 0.174. The van der Waals surface area contributed by atoms with Gasteiger partial charge >= 0.3 is 0 Å². The van der Waals surface area contributed by atoms with E-state index in [0.717, 1.165) is 48.8 Å². The maximum atomic E-state index is 6.74. The maximum absolute atomic E-state index is 6.74. The Morgan fingerprint density at radius 3 is 2.15 bits per heavy atom. The van der Waals surface area contributed by atoms with Gasteiger partial charge in [-0.1, -0.05) is 101 Å². The lowest BCUT2D eigenvalue weighted by Gasteiger charge is -2.38. The molecule has 0 radical (unpaired) electrons. The Hall–Kier alpha value is -4.14. The first-order valence-corrected chi connectivity index (χ1v) is 17.7. The molecule has 0 bridgehead atoms. The van der Waals surface area contributed by atoms with E-state index in [9.17, 15) is 0 Å². The summed E-state index contributed by atoms with van der Waals surface area (Å²) < 4.78 is 2.08. The van der Waals surface area contributed by atoms with Crippen LogP contribution in [0.25, 0.3) is 5.69 Å². The Bertz CT molecular complexity index is 2090. The number of thioether (sulfide) groups is 1. The SMILES string of the molecule is Cc1nn(-c2ccccc2)c(Sc2ccccc2)c1C1CC2(c3ccc(Cl)cc3)ON=C(c3ccc(Cl)cc3)N2c2ccccc2S1. The van der Waals surface area contributed by atoms with Crippen LogP contribution in [-0.2, 0) is 10.6 Å². The molecule has 9 heteroatoms. The third-order valence-electron chi connectivity index (χ3n) is 8.43. The molecule has 5 nitrogen and oxygen atoms in total. The summed E-state index contributed by atoms with van der Waals surface area (Å²) in [5.41, 5.74) is 5.07. The van der Waals surface area contributed by atoms with Gasteiger partial charge in [0.2, 0.25) is 5.72 Å². The molecule has 2 atom stereocenters. The van der Waals surface area contributed by atoms with E-state index in [4.69, 9.17) is 38.3 Å². The van der Waals surface area contributed by atoms with Crippen LogP contribution in [0.1, 0.15) is 34.1 Å². The van der Waals surface area contributed by atoms with Crippen LogP contribution in [0.4, 0.5) is 5.69 Å². The number of amidine groups is 1. The Morgan fingerprint density at radius 2 is 1.43 bits per heavy atom. The van der Waals surface area contributed by atoms with Gasteiger partial charge in [0.15, 0.2) is 5.84 Å². The lowest BCUT2D eigenvalue weighted by molar-refractivity contribution is -0.0284. The topological polar surface area (TPSA) is 42.6 Å². The number of hydrogen-bond donors (Lipinski definition) is 0. The average Bonchev–Trinajstić information content (AvgIpc) is 3.59. The fourth-order valence-electron chi connectivity index (χ4n) is 6.28. The normalized spacial score (nSPS) is 18.6. The smallest absolute Gasteiger partial charge is 0.242 e. The van der Waals surface area contributed by atoms with E-state index >= 15 is 0 Å². The molecular formula is C38H28Cl2N4OS2. The summed E-state index contributed by atoms with van der Waals surface area (Å²) in [5, 5.41) is 12.3. The number of anilines is 1. The van der Waals surface area contributed by atoms with E-state index in [-0.39, 0.29) is 5.25 Å². The fraction of sp³-hybridized carbons (Fsp3) is 0.105. The second-order valence-electron chi connectivity index (χ2n) is 11.4.